The summed E-state index contributed by atoms with van der Waals surface area (Å²) in [5, 5.41) is 2.82. The lowest BCUT2D eigenvalue weighted by Crippen LogP contribution is -2.42. The minimum absolute atomic E-state index is 0.0764. The Morgan fingerprint density at radius 1 is 1.03 bits per heavy atom. The molecule has 4 rings (SSSR count). The Balaban J connectivity index is 1.89. The highest BCUT2D eigenvalue weighted by molar-refractivity contribution is 6.11. The second-order valence-corrected chi connectivity index (χ2v) is 7.97. The van der Waals surface area contributed by atoms with Crippen molar-refractivity contribution in [2.24, 2.45) is 0 Å². The third-order valence-corrected chi connectivity index (χ3v) is 5.41. The monoisotopic (exact) mass is 484 g/mol. The molecule has 0 fully saturated rings. The first kappa shape index (κ1) is 24.5. The van der Waals surface area contributed by atoms with E-state index < -0.39 is 23.7 Å². The first-order chi connectivity index (χ1) is 17.5. The van der Waals surface area contributed by atoms with E-state index in [0.717, 1.165) is 5.56 Å². The number of halogens is 1. The average molecular weight is 485 g/mol. The molecule has 0 aliphatic rings. The maximum atomic E-state index is 13.9. The number of aryl methyl sites for hydroxylation is 1. The van der Waals surface area contributed by atoms with Gasteiger partial charge in [-0.1, -0.05) is 30.3 Å². The number of hydrogen-bond acceptors (Lipinski definition) is 5. The van der Waals surface area contributed by atoms with Gasteiger partial charge in [-0.15, -0.1) is 0 Å². The summed E-state index contributed by atoms with van der Waals surface area (Å²) >= 11 is 0. The highest BCUT2D eigenvalue weighted by atomic mass is 19.1. The van der Waals surface area contributed by atoms with Crippen molar-refractivity contribution in [3.05, 3.63) is 114 Å². The normalized spacial score (nSPS) is 11.4. The fourth-order valence-corrected chi connectivity index (χ4v) is 3.83. The Morgan fingerprint density at radius 3 is 2.50 bits per heavy atom. The summed E-state index contributed by atoms with van der Waals surface area (Å²) in [5.41, 5.74) is 2.35. The van der Waals surface area contributed by atoms with Crippen LogP contribution in [0.3, 0.4) is 0 Å². The number of anilines is 2. The van der Waals surface area contributed by atoms with Gasteiger partial charge in [0.2, 0.25) is 0 Å². The van der Waals surface area contributed by atoms with Crippen LogP contribution in [0.5, 0.6) is 5.75 Å². The van der Waals surface area contributed by atoms with Gasteiger partial charge in [-0.05, 0) is 61.9 Å². The fraction of sp³-hybridized carbons (Fsp3) is 0.143. The zero-order chi connectivity index (χ0) is 25.5. The van der Waals surface area contributed by atoms with Gasteiger partial charge in [0, 0.05) is 29.3 Å². The smallest absolute Gasteiger partial charge is 0.279 e. The van der Waals surface area contributed by atoms with Crippen molar-refractivity contribution in [1.29, 1.82) is 0 Å². The van der Waals surface area contributed by atoms with Crippen LogP contribution in [0.2, 0.25) is 0 Å². The van der Waals surface area contributed by atoms with Crippen LogP contribution in [0.1, 0.15) is 34.6 Å². The van der Waals surface area contributed by atoms with Gasteiger partial charge in [-0.25, -0.2) is 9.37 Å². The van der Waals surface area contributed by atoms with Crippen LogP contribution < -0.4 is 15.0 Å². The minimum Gasteiger partial charge on any atom is -0.493 e. The molecule has 0 bridgehead atoms. The maximum absolute atomic E-state index is 13.9. The van der Waals surface area contributed by atoms with Crippen LogP contribution in [0.15, 0.2) is 91.4 Å². The standard InChI is InChI=1S/C28H25FN4O3/c1-3-36-25-10-5-4-9-23(25)26(27(34)32-21-13-11-20(29)12-14-21)33(22-8-6-7-19(2)17-22)28(35)24-18-30-15-16-31-24/h4-18,26H,3H2,1-2H3,(H,32,34)/t26-/m0/s1. The van der Waals surface area contributed by atoms with E-state index in [1.807, 2.05) is 32.0 Å². The number of hydrogen-bond donors (Lipinski definition) is 1. The molecule has 4 aromatic rings. The molecule has 0 radical (unpaired) electrons. The van der Waals surface area contributed by atoms with Crippen LogP contribution in [0.4, 0.5) is 15.8 Å². The molecular weight excluding hydrogens is 459 g/mol. The summed E-state index contributed by atoms with van der Waals surface area (Å²) in [5.74, 6) is -0.985. The predicted molar refractivity (Wildman–Crippen MR) is 135 cm³/mol. The highest BCUT2D eigenvalue weighted by Crippen LogP contribution is 2.35. The number of nitrogens with zero attached hydrogens (tertiary/aromatic N) is 3. The molecule has 2 amide bonds. The molecule has 8 heteroatoms. The molecule has 0 spiro atoms. The van der Waals surface area contributed by atoms with Crippen molar-refractivity contribution in [2.75, 3.05) is 16.8 Å². The number of carbonyl (C=O) groups excluding carboxylic acids is 2. The molecular formula is C28H25FN4O3. The van der Waals surface area contributed by atoms with Gasteiger partial charge >= 0.3 is 0 Å². The summed E-state index contributed by atoms with van der Waals surface area (Å²) < 4.78 is 19.3. The topological polar surface area (TPSA) is 84.4 Å². The number of amides is 2. The van der Waals surface area contributed by atoms with E-state index in [4.69, 9.17) is 4.74 Å². The zero-order valence-electron chi connectivity index (χ0n) is 19.9. The van der Waals surface area contributed by atoms with Crippen LogP contribution in [-0.2, 0) is 4.79 Å². The Hall–Kier alpha value is -4.59. The highest BCUT2D eigenvalue weighted by Gasteiger charge is 2.36. The first-order valence-corrected chi connectivity index (χ1v) is 11.4. The summed E-state index contributed by atoms with van der Waals surface area (Å²) in [7, 11) is 0. The Kier molecular flexibility index (Phi) is 7.65. The number of benzene rings is 3. The van der Waals surface area contributed by atoms with Gasteiger partial charge in [0.05, 0.1) is 12.8 Å². The molecule has 7 nitrogen and oxygen atoms in total. The molecule has 0 saturated heterocycles. The van der Waals surface area contributed by atoms with E-state index in [1.165, 1.54) is 47.8 Å². The van der Waals surface area contributed by atoms with Crippen molar-refractivity contribution in [1.82, 2.24) is 9.97 Å². The molecule has 0 unspecified atom stereocenters. The number of rotatable bonds is 8. The fourth-order valence-electron chi connectivity index (χ4n) is 3.83. The quantitative estimate of drug-likeness (QED) is 0.365. The zero-order valence-corrected chi connectivity index (χ0v) is 19.9. The van der Waals surface area contributed by atoms with E-state index >= 15 is 0 Å². The van der Waals surface area contributed by atoms with E-state index in [0.29, 0.717) is 29.3 Å². The minimum atomic E-state index is -1.14. The SMILES string of the molecule is CCOc1ccccc1[C@@H](C(=O)Nc1ccc(F)cc1)N(C(=O)c1cnccn1)c1cccc(C)c1. The van der Waals surface area contributed by atoms with Gasteiger partial charge in [0.1, 0.15) is 23.3 Å². The number of ether oxygens (including phenoxy) is 1. The van der Waals surface area contributed by atoms with Crippen LogP contribution >= 0.6 is 0 Å². The lowest BCUT2D eigenvalue weighted by Gasteiger charge is -2.32. The Bertz CT molecular complexity index is 1350. The third kappa shape index (κ3) is 5.55. The molecule has 182 valence electrons. The molecule has 1 N–H and O–H groups in total. The average Bonchev–Trinajstić information content (AvgIpc) is 2.89. The number of carbonyl (C=O) groups is 2. The molecule has 1 atom stereocenters. The number of aromatic nitrogens is 2. The van der Waals surface area contributed by atoms with Crippen LogP contribution in [0, 0.1) is 12.7 Å². The second kappa shape index (κ2) is 11.2. The maximum Gasteiger partial charge on any atom is 0.279 e. The third-order valence-electron chi connectivity index (χ3n) is 5.41. The Morgan fingerprint density at radius 2 is 1.81 bits per heavy atom. The van der Waals surface area contributed by atoms with Crippen LogP contribution in [0.25, 0.3) is 0 Å². The predicted octanol–water partition coefficient (Wildman–Crippen LogP) is 5.35. The van der Waals surface area contributed by atoms with Gasteiger partial charge < -0.3 is 10.1 Å². The lowest BCUT2D eigenvalue weighted by atomic mass is 10.0. The van der Waals surface area contributed by atoms with Crippen molar-refractivity contribution in [3.63, 3.8) is 0 Å². The summed E-state index contributed by atoms with van der Waals surface area (Å²) in [6, 6.07) is 18.6. The largest absolute Gasteiger partial charge is 0.493 e. The van der Waals surface area contributed by atoms with Crippen molar-refractivity contribution >= 4 is 23.2 Å². The van der Waals surface area contributed by atoms with E-state index in [1.54, 1.807) is 30.3 Å². The molecule has 0 aliphatic heterocycles. The summed E-state index contributed by atoms with van der Waals surface area (Å²) in [4.78, 5) is 37.4. The number of nitrogens with one attached hydrogen (secondary N) is 1. The number of para-hydroxylation sites is 1. The lowest BCUT2D eigenvalue weighted by molar-refractivity contribution is -0.117. The van der Waals surface area contributed by atoms with Crippen molar-refractivity contribution in [2.45, 2.75) is 19.9 Å². The van der Waals surface area contributed by atoms with E-state index in [9.17, 15) is 14.0 Å². The molecule has 3 aromatic carbocycles. The van der Waals surface area contributed by atoms with E-state index in [2.05, 4.69) is 15.3 Å². The molecule has 0 saturated carbocycles. The van der Waals surface area contributed by atoms with Gasteiger partial charge in [0.15, 0.2) is 0 Å². The van der Waals surface area contributed by atoms with Crippen molar-refractivity contribution in [3.8, 4) is 5.75 Å². The Labute approximate surface area is 208 Å². The van der Waals surface area contributed by atoms with E-state index in [-0.39, 0.29) is 5.69 Å². The summed E-state index contributed by atoms with van der Waals surface area (Å²) in [6.45, 7) is 4.11. The first-order valence-electron chi connectivity index (χ1n) is 11.4. The van der Waals surface area contributed by atoms with Crippen molar-refractivity contribution < 1.29 is 18.7 Å². The van der Waals surface area contributed by atoms with Gasteiger partial charge in [-0.2, -0.15) is 0 Å². The molecule has 0 aliphatic carbocycles. The summed E-state index contributed by atoms with van der Waals surface area (Å²) in [6.07, 6.45) is 4.24. The molecule has 1 heterocycles. The van der Waals surface area contributed by atoms with Crippen LogP contribution in [-0.4, -0.2) is 28.4 Å². The molecule has 1 aromatic heterocycles. The molecule has 36 heavy (non-hydrogen) atoms. The van der Waals surface area contributed by atoms with Gasteiger partial charge in [-0.3, -0.25) is 19.5 Å². The second-order valence-electron chi connectivity index (χ2n) is 7.97. The van der Waals surface area contributed by atoms with Gasteiger partial charge in [0.25, 0.3) is 11.8 Å².